The lowest BCUT2D eigenvalue weighted by Crippen LogP contribution is -1.72. The lowest BCUT2D eigenvalue weighted by Gasteiger charge is -1.98. The van der Waals surface area contributed by atoms with E-state index in [1.54, 1.807) is 22.7 Å². The normalized spacial score (nSPS) is 10.6. The Morgan fingerprint density at radius 1 is 0.846 bits per heavy atom. The van der Waals surface area contributed by atoms with Gasteiger partial charge in [-0.25, -0.2) is 0 Å². The van der Waals surface area contributed by atoms with Gasteiger partial charge in [-0.2, -0.15) is 22.7 Å². The van der Waals surface area contributed by atoms with Crippen LogP contribution in [0.2, 0.25) is 0 Å². The first-order chi connectivity index (χ1) is 6.27. The molecule has 68 valence electrons. The van der Waals surface area contributed by atoms with E-state index in [-0.39, 0.29) is 0 Å². The minimum absolute atomic E-state index is 1.39. The van der Waals surface area contributed by atoms with Crippen LogP contribution in [-0.4, -0.2) is 0 Å². The van der Waals surface area contributed by atoms with Gasteiger partial charge in [-0.3, -0.25) is 0 Å². The van der Waals surface area contributed by atoms with E-state index in [0.29, 0.717) is 0 Å². The highest BCUT2D eigenvalue weighted by Gasteiger charge is 2.04. The van der Waals surface area contributed by atoms with Gasteiger partial charge in [-0.15, -0.1) is 0 Å². The van der Waals surface area contributed by atoms with Gasteiger partial charge in [0.1, 0.15) is 0 Å². The molecule has 0 aliphatic heterocycles. The zero-order valence-corrected chi connectivity index (χ0v) is 9.98. The molecule has 0 fully saturated rings. The molecule has 0 aliphatic rings. The van der Waals surface area contributed by atoms with Crippen LogP contribution < -0.4 is 0 Å². The third-order valence-corrected chi connectivity index (χ3v) is 5.18. The third kappa shape index (κ3) is 1.98. The quantitative estimate of drug-likeness (QED) is 0.722. The van der Waals surface area contributed by atoms with Crippen LogP contribution in [0.4, 0.5) is 0 Å². The molecule has 0 spiro atoms. The SMILES string of the molecule is Cc1cscc1Sc1cscc1C. The van der Waals surface area contributed by atoms with Crippen molar-refractivity contribution in [2.24, 2.45) is 0 Å². The first kappa shape index (κ1) is 9.31. The minimum Gasteiger partial charge on any atom is -0.151 e. The van der Waals surface area contributed by atoms with E-state index in [0.717, 1.165) is 0 Å². The summed E-state index contributed by atoms with van der Waals surface area (Å²) in [6, 6.07) is 0. The Morgan fingerprint density at radius 2 is 1.31 bits per heavy atom. The average molecular weight is 226 g/mol. The lowest BCUT2D eigenvalue weighted by molar-refractivity contribution is 1.33. The molecule has 2 heterocycles. The predicted molar refractivity (Wildman–Crippen MR) is 62.2 cm³/mol. The number of hydrogen-bond donors (Lipinski definition) is 0. The molecular formula is C10H10S3. The van der Waals surface area contributed by atoms with Crippen LogP contribution in [0.3, 0.4) is 0 Å². The van der Waals surface area contributed by atoms with Crippen molar-refractivity contribution < 1.29 is 0 Å². The van der Waals surface area contributed by atoms with Crippen LogP contribution in [-0.2, 0) is 0 Å². The van der Waals surface area contributed by atoms with Gasteiger partial charge in [-0.05, 0) is 35.7 Å². The molecule has 0 unspecified atom stereocenters. The monoisotopic (exact) mass is 226 g/mol. The average Bonchev–Trinajstić information content (AvgIpc) is 2.65. The molecule has 3 heteroatoms. The van der Waals surface area contributed by atoms with Gasteiger partial charge in [0.2, 0.25) is 0 Å². The lowest BCUT2D eigenvalue weighted by atomic mass is 10.4. The second-order valence-corrected chi connectivity index (χ2v) is 5.51. The molecule has 0 radical (unpaired) electrons. The first-order valence-electron chi connectivity index (χ1n) is 4.01. The van der Waals surface area contributed by atoms with Crippen LogP contribution in [0.5, 0.6) is 0 Å². The molecule has 0 atom stereocenters. The topological polar surface area (TPSA) is 0 Å². The van der Waals surface area contributed by atoms with Gasteiger partial charge in [0.25, 0.3) is 0 Å². The number of hydrogen-bond acceptors (Lipinski definition) is 3. The molecule has 2 aromatic rings. The van der Waals surface area contributed by atoms with E-state index in [9.17, 15) is 0 Å². The van der Waals surface area contributed by atoms with Gasteiger partial charge >= 0.3 is 0 Å². The molecule has 0 bridgehead atoms. The van der Waals surface area contributed by atoms with Crippen LogP contribution in [0.1, 0.15) is 11.1 Å². The van der Waals surface area contributed by atoms with Crippen molar-refractivity contribution in [2.45, 2.75) is 23.6 Å². The Hall–Kier alpha value is -0.250. The molecule has 0 aliphatic carbocycles. The molecule has 0 saturated carbocycles. The maximum Gasteiger partial charge on any atom is 0.0258 e. The molecule has 0 amide bonds. The molecule has 0 aromatic carbocycles. The summed E-state index contributed by atoms with van der Waals surface area (Å²) in [5, 5.41) is 8.84. The molecule has 0 N–H and O–H groups in total. The zero-order valence-electron chi connectivity index (χ0n) is 7.53. The van der Waals surface area contributed by atoms with E-state index >= 15 is 0 Å². The molecule has 2 rings (SSSR count). The fourth-order valence-electron chi connectivity index (χ4n) is 1.03. The Labute approximate surface area is 90.6 Å². The summed E-state index contributed by atoms with van der Waals surface area (Å²) in [5.41, 5.74) is 2.78. The summed E-state index contributed by atoms with van der Waals surface area (Å²) < 4.78 is 0. The van der Waals surface area contributed by atoms with Crippen LogP contribution in [0.15, 0.2) is 31.3 Å². The fourth-order valence-corrected chi connectivity index (χ4v) is 3.99. The second kappa shape index (κ2) is 3.86. The fraction of sp³-hybridized carbons (Fsp3) is 0.200. The van der Waals surface area contributed by atoms with Gasteiger partial charge in [0.05, 0.1) is 0 Å². The van der Waals surface area contributed by atoms with Crippen molar-refractivity contribution >= 4 is 34.4 Å². The summed E-state index contributed by atoms with van der Waals surface area (Å²) in [6.07, 6.45) is 0. The van der Waals surface area contributed by atoms with Gasteiger partial charge in [0.15, 0.2) is 0 Å². The Bertz CT molecular complexity index is 359. The molecule has 13 heavy (non-hydrogen) atoms. The summed E-state index contributed by atoms with van der Waals surface area (Å²) in [4.78, 5) is 2.79. The maximum absolute atomic E-state index is 2.22. The van der Waals surface area contributed by atoms with E-state index in [1.807, 2.05) is 11.8 Å². The van der Waals surface area contributed by atoms with Crippen molar-refractivity contribution in [1.82, 2.24) is 0 Å². The Balaban J connectivity index is 2.24. The highest BCUT2D eigenvalue weighted by atomic mass is 32.2. The molecular weight excluding hydrogens is 216 g/mol. The van der Waals surface area contributed by atoms with Crippen molar-refractivity contribution in [2.75, 3.05) is 0 Å². The summed E-state index contributed by atoms with van der Waals surface area (Å²) in [6.45, 7) is 4.33. The van der Waals surface area contributed by atoms with Crippen LogP contribution >= 0.6 is 34.4 Å². The predicted octanol–water partition coefficient (Wildman–Crippen LogP) is 4.58. The van der Waals surface area contributed by atoms with Crippen molar-refractivity contribution in [3.8, 4) is 0 Å². The van der Waals surface area contributed by atoms with E-state index in [1.165, 1.54) is 20.9 Å². The third-order valence-electron chi connectivity index (χ3n) is 1.84. The number of aryl methyl sites for hydroxylation is 2. The smallest absolute Gasteiger partial charge is 0.0258 e. The summed E-state index contributed by atoms with van der Waals surface area (Å²) >= 11 is 5.43. The van der Waals surface area contributed by atoms with Crippen LogP contribution in [0, 0.1) is 13.8 Å². The first-order valence-corrected chi connectivity index (χ1v) is 6.71. The minimum atomic E-state index is 1.39. The Morgan fingerprint density at radius 3 is 1.62 bits per heavy atom. The van der Waals surface area contributed by atoms with Crippen molar-refractivity contribution in [3.05, 3.63) is 32.6 Å². The van der Waals surface area contributed by atoms with E-state index in [4.69, 9.17) is 0 Å². The molecule has 2 aromatic heterocycles. The Kier molecular flexibility index (Phi) is 2.77. The van der Waals surface area contributed by atoms with E-state index in [2.05, 4.69) is 35.4 Å². The summed E-state index contributed by atoms with van der Waals surface area (Å²) in [7, 11) is 0. The van der Waals surface area contributed by atoms with Gasteiger partial charge in [-0.1, -0.05) is 11.8 Å². The van der Waals surface area contributed by atoms with Crippen molar-refractivity contribution in [1.29, 1.82) is 0 Å². The second-order valence-electron chi connectivity index (χ2n) is 2.94. The number of thiophene rings is 2. The van der Waals surface area contributed by atoms with E-state index < -0.39 is 0 Å². The zero-order chi connectivity index (χ0) is 9.26. The molecule has 0 nitrogen and oxygen atoms in total. The van der Waals surface area contributed by atoms with Gasteiger partial charge < -0.3 is 0 Å². The highest BCUT2D eigenvalue weighted by Crippen LogP contribution is 2.35. The van der Waals surface area contributed by atoms with Gasteiger partial charge in [0, 0.05) is 20.6 Å². The van der Waals surface area contributed by atoms with Crippen molar-refractivity contribution in [3.63, 3.8) is 0 Å². The largest absolute Gasteiger partial charge is 0.151 e. The highest BCUT2D eigenvalue weighted by molar-refractivity contribution is 7.99. The van der Waals surface area contributed by atoms with Crippen LogP contribution in [0.25, 0.3) is 0 Å². The molecule has 0 saturated heterocycles. The number of rotatable bonds is 2. The standard InChI is InChI=1S/C10H10S3/c1-7-3-11-5-9(7)13-10-6-12-4-8(10)2/h3-6H,1-2H3. The maximum atomic E-state index is 2.22. The summed E-state index contributed by atoms with van der Waals surface area (Å²) in [5.74, 6) is 0.